The van der Waals surface area contributed by atoms with Gasteiger partial charge < -0.3 is 19.7 Å². The summed E-state index contributed by atoms with van der Waals surface area (Å²) in [6.45, 7) is 5.29. The highest BCUT2D eigenvalue weighted by molar-refractivity contribution is 8.13. The number of aliphatic hydroxyl groups excluding tert-OH is 2. The average Bonchev–Trinajstić information content (AvgIpc) is 3.46. The van der Waals surface area contributed by atoms with Crippen LogP contribution in [0.15, 0.2) is 27.0 Å². The predicted molar refractivity (Wildman–Crippen MR) is 153 cm³/mol. The van der Waals surface area contributed by atoms with Gasteiger partial charge in [0.15, 0.2) is 10.8 Å². The molecule has 0 amide bonds. The molecule has 17 nitrogen and oxygen atoms in total. The van der Waals surface area contributed by atoms with E-state index < -0.39 is 91.8 Å². The first-order chi connectivity index (χ1) is 20.5. The van der Waals surface area contributed by atoms with E-state index in [1.807, 2.05) is 4.98 Å². The number of fused-ring (bicyclic) bond motifs is 1. The Morgan fingerprint density at radius 1 is 1.36 bits per heavy atom. The third-order valence-corrected chi connectivity index (χ3v) is 9.84. The summed E-state index contributed by atoms with van der Waals surface area (Å²) in [5, 5.41) is 25.9. The molecule has 44 heavy (non-hydrogen) atoms. The SMILES string of the molecule is CC(C)OC(=O)C(C)NP(=O)(OCCSC(=O)C(C)(C)CO)OC[C@@]1(CN=[N+]=[N-])O[C@H]2C(n3ccc(=O)[nH]c3=O)[C@]2(F)[C@@H]1O. The summed E-state index contributed by atoms with van der Waals surface area (Å²) in [7, 11) is -4.52. The van der Waals surface area contributed by atoms with E-state index in [0.29, 0.717) is 0 Å². The molecule has 20 heteroatoms. The topological polar surface area (TPSA) is 244 Å². The molecular weight excluding hydrogens is 630 g/mol. The van der Waals surface area contributed by atoms with Gasteiger partial charge in [-0.15, -0.1) is 0 Å². The van der Waals surface area contributed by atoms with Gasteiger partial charge in [-0.3, -0.25) is 33.0 Å². The third kappa shape index (κ3) is 7.61. The lowest BCUT2D eigenvalue weighted by atomic mass is 9.93. The second-order valence-corrected chi connectivity index (χ2v) is 14.1. The van der Waals surface area contributed by atoms with Crippen molar-refractivity contribution >= 4 is 30.6 Å². The Kier molecular flexibility index (Phi) is 11.3. The zero-order valence-corrected chi connectivity index (χ0v) is 26.4. The zero-order valence-electron chi connectivity index (χ0n) is 24.7. The van der Waals surface area contributed by atoms with Crippen LogP contribution in [0.3, 0.4) is 0 Å². The maximum absolute atomic E-state index is 16.1. The number of nitrogens with zero attached hydrogens (tertiary/aromatic N) is 4. The van der Waals surface area contributed by atoms with Crippen LogP contribution in [0.5, 0.6) is 0 Å². The number of thioether (sulfide) groups is 1. The van der Waals surface area contributed by atoms with E-state index in [4.69, 9.17) is 24.1 Å². The summed E-state index contributed by atoms with van der Waals surface area (Å²) in [5.41, 5.74) is 1.54. The third-order valence-electron chi connectivity index (χ3n) is 6.96. The maximum atomic E-state index is 16.1. The van der Waals surface area contributed by atoms with Crippen molar-refractivity contribution in [1.29, 1.82) is 0 Å². The molecule has 2 fully saturated rings. The number of hydrogen-bond acceptors (Lipinski definition) is 13. The minimum atomic E-state index is -4.52. The number of aromatic nitrogens is 2. The Hall–Kier alpha value is -2.60. The first-order valence-electron chi connectivity index (χ1n) is 13.5. The Balaban J connectivity index is 1.80. The molecule has 0 radical (unpaired) electrons. The number of alkyl halides is 1. The van der Waals surface area contributed by atoms with Crippen LogP contribution in [0.2, 0.25) is 0 Å². The fourth-order valence-corrected chi connectivity index (χ4v) is 6.90. The molecule has 1 aliphatic heterocycles. The highest BCUT2D eigenvalue weighted by atomic mass is 32.2. The number of hydrogen-bond donors (Lipinski definition) is 4. The van der Waals surface area contributed by atoms with E-state index in [-0.39, 0.29) is 17.5 Å². The van der Waals surface area contributed by atoms with E-state index in [9.17, 15) is 34.0 Å². The van der Waals surface area contributed by atoms with E-state index in [1.165, 1.54) is 20.8 Å². The molecule has 3 rings (SSSR count). The van der Waals surface area contributed by atoms with E-state index in [0.717, 1.165) is 28.6 Å². The molecule has 4 N–H and O–H groups in total. The lowest BCUT2D eigenvalue weighted by Crippen LogP contribution is -2.53. The summed E-state index contributed by atoms with van der Waals surface area (Å²) in [4.78, 5) is 53.0. The molecule has 2 heterocycles. The fraction of sp³-hybridized carbons (Fsp3) is 0.750. The summed E-state index contributed by atoms with van der Waals surface area (Å²) in [5.74, 6) is -0.836. The average molecular weight is 667 g/mol. The molecule has 3 unspecified atom stereocenters. The Labute approximate surface area is 255 Å². The summed E-state index contributed by atoms with van der Waals surface area (Å²) >= 11 is 0.803. The molecule has 1 saturated carbocycles. The highest BCUT2D eigenvalue weighted by Gasteiger charge is 2.83. The van der Waals surface area contributed by atoms with Gasteiger partial charge in [-0.25, -0.2) is 18.8 Å². The second kappa shape index (κ2) is 13.8. The molecule has 0 aromatic carbocycles. The van der Waals surface area contributed by atoms with Crippen molar-refractivity contribution in [3.63, 3.8) is 0 Å². The van der Waals surface area contributed by atoms with Gasteiger partial charge in [-0.2, -0.15) is 0 Å². The van der Waals surface area contributed by atoms with Crippen LogP contribution in [0.1, 0.15) is 40.7 Å². The molecule has 1 saturated heterocycles. The van der Waals surface area contributed by atoms with Gasteiger partial charge in [0.2, 0.25) is 0 Å². The van der Waals surface area contributed by atoms with Gasteiger partial charge in [-0.05, 0) is 40.1 Å². The molecule has 1 aromatic heterocycles. The van der Waals surface area contributed by atoms with Crippen LogP contribution in [0, 0.1) is 5.41 Å². The van der Waals surface area contributed by atoms with Crippen molar-refractivity contribution in [2.75, 3.05) is 32.1 Å². The van der Waals surface area contributed by atoms with E-state index in [1.54, 1.807) is 13.8 Å². The number of ether oxygens (including phenoxy) is 2. The monoisotopic (exact) mass is 666 g/mol. The molecule has 2 aliphatic rings. The molecule has 246 valence electrons. The standard InChI is InChI=1S/C24H36FN6O11PS/c1-13(2)41-18(34)14(3)29-43(38,39-8-9-44-20(36)22(4,5)11-32)40-12-23(10-27-30-26)19(35)24(25)16(17(24)42-23)31-7-6-15(33)28-21(31)37/h6-7,13-14,16-17,19,32,35H,8-12H2,1-5H3,(H,29,38)(H,28,33,37)/t14?,16?,17-,19+,23+,24+,43?/m0/s1. The van der Waals surface area contributed by atoms with Gasteiger partial charge in [0.05, 0.1) is 37.9 Å². The maximum Gasteiger partial charge on any atom is 0.406 e. The van der Waals surface area contributed by atoms with Crippen molar-refractivity contribution in [3.8, 4) is 0 Å². The predicted octanol–water partition coefficient (Wildman–Crippen LogP) is 0.958. The molecular formula is C24H36FN6O11PS. The number of esters is 1. The van der Waals surface area contributed by atoms with Crippen LogP contribution >= 0.6 is 19.5 Å². The minimum absolute atomic E-state index is 0.0314. The van der Waals surface area contributed by atoms with Crippen LogP contribution in [-0.4, -0.2) is 98.6 Å². The van der Waals surface area contributed by atoms with Crippen molar-refractivity contribution < 1.29 is 47.3 Å². The minimum Gasteiger partial charge on any atom is -0.462 e. The van der Waals surface area contributed by atoms with Crippen molar-refractivity contribution in [1.82, 2.24) is 14.6 Å². The van der Waals surface area contributed by atoms with Crippen LogP contribution in [-0.2, 0) is 32.7 Å². The van der Waals surface area contributed by atoms with Crippen molar-refractivity contribution in [2.24, 2.45) is 10.5 Å². The quantitative estimate of drug-likeness (QED) is 0.0480. The smallest absolute Gasteiger partial charge is 0.406 e. The Bertz CT molecular complexity index is 1450. The van der Waals surface area contributed by atoms with E-state index in [2.05, 4.69) is 15.1 Å². The lowest BCUT2D eigenvalue weighted by Gasteiger charge is -2.35. The number of carbonyl (C=O) groups excluding carboxylic acids is 2. The summed E-state index contributed by atoms with van der Waals surface area (Å²) in [6, 6.07) is -1.60. The number of H-pyrrole nitrogens is 1. The first-order valence-corrected chi connectivity index (χ1v) is 16.0. The van der Waals surface area contributed by atoms with Crippen LogP contribution < -0.4 is 16.3 Å². The fourth-order valence-electron chi connectivity index (χ4n) is 4.44. The highest BCUT2D eigenvalue weighted by Crippen LogP contribution is 2.64. The number of halogens is 1. The Morgan fingerprint density at radius 2 is 2.05 bits per heavy atom. The van der Waals surface area contributed by atoms with Crippen molar-refractivity contribution in [3.05, 3.63) is 43.5 Å². The first kappa shape index (κ1) is 35.9. The van der Waals surface area contributed by atoms with Gasteiger partial charge >= 0.3 is 19.4 Å². The molecule has 0 bridgehead atoms. The second-order valence-electron chi connectivity index (χ2n) is 11.3. The number of carbonyl (C=O) groups is 2. The number of nitrogens with one attached hydrogen (secondary N) is 2. The lowest BCUT2D eigenvalue weighted by molar-refractivity contribution is -0.149. The zero-order chi connectivity index (χ0) is 33.1. The molecule has 7 atom stereocenters. The number of azide groups is 1. The normalized spacial score (nSPS) is 28.1. The molecule has 1 aromatic rings. The number of aromatic amines is 1. The summed E-state index contributed by atoms with van der Waals surface area (Å²) in [6.07, 6.45) is -2.99. The van der Waals surface area contributed by atoms with Gasteiger partial charge in [0.1, 0.15) is 29.9 Å². The van der Waals surface area contributed by atoms with Gasteiger partial charge in [-0.1, -0.05) is 16.9 Å². The van der Waals surface area contributed by atoms with Crippen LogP contribution in [0.25, 0.3) is 10.4 Å². The number of aliphatic hydroxyl groups is 2. The largest absolute Gasteiger partial charge is 0.462 e. The Morgan fingerprint density at radius 3 is 2.59 bits per heavy atom. The van der Waals surface area contributed by atoms with Gasteiger partial charge in [0, 0.05) is 22.9 Å². The van der Waals surface area contributed by atoms with E-state index >= 15 is 4.39 Å². The molecule has 0 spiro atoms. The summed E-state index contributed by atoms with van der Waals surface area (Å²) < 4.78 is 52.6. The van der Waals surface area contributed by atoms with Crippen molar-refractivity contribution in [2.45, 2.75) is 76.3 Å². The number of rotatable bonds is 16. The molecule has 1 aliphatic carbocycles. The van der Waals surface area contributed by atoms with Gasteiger partial charge in [0.25, 0.3) is 5.56 Å². The van der Waals surface area contributed by atoms with Crippen LogP contribution in [0.4, 0.5) is 4.39 Å².